The van der Waals surface area contributed by atoms with E-state index in [0.29, 0.717) is 12.3 Å². The molecule has 3 aromatic rings. The number of aromatic nitrogens is 2. The predicted molar refractivity (Wildman–Crippen MR) is 133 cm³/mol. The third-order valence-corrected chi connectivity index (χ3v) is 8.14. The molecule has 1 aliphatic carbocycles. The molecule has 2 aromatic heterocycles. The van der Waals surface area contributed by atoms with Gasteiger partial charge >= 0.3 is 0 Å². The average molecular weight is 452 g/mol. The lowest BCUT2D eigenvalue weighted by Crippen LogP contribution is -2.34. The SMILES string of the molecule is CCC(C(=O)Nc1c(C)cccc1C)n1cnc2sc3c(c2c1=O)CCC(C(C)(C)C)C3. The van der Waals surface area contributed by atoms with Gasteiger partial charge in [-0.05, 0) is 67.6 Å². The molecule has 2 heterocycles. The first kappa shape index (κ1) is 22.7. The number of thiophene rings is 1. The van der Waals surface area contributed by atoms with E-state index in [1.807, 2.05) is 39.0 Å². The molecule has 0 saturated carbocycles. The van der Waals surface area contributed by atoms with Gasteiger partial charge in [-0.1, -0.05) is 45.9 Å². The van der Waals surface area contributed by atoms with Crippen LogP contribution in [0.5, 0.6) is 0 Å². The first-order valence-corrected chi connectivity index (χ1v) is 12.3. The number of aryl methyl sites for hydroxylation is 3. The molecule has 0 spiro atoms. The van der Waals surface area contributed by atoms with Gasteiger partial charge in [0.2, 0.25) is 5.91 Å². The second-order valence-corrected chi connectivity index (χ2v) is 11.2. The lowest BCUT2D eigenvalue weighted by Gasteiger charge is -2.33. The van der Waals surface area contributed by atoms with Crippen LogP contribution in [0, 0.1) is 25.2 Å². The number of nitrogens with zero attached hydrogens (tertiary/aromatic N) is 2. The minimum Gasteiger partial charge on any atom is -0.324 e. The quantitative estimate of drug-likeness (QED) is 0.544. The summed E-state index contributed by atoms with van der Waals surface area (Å²) in [6.45, 7) is 12.8. The van der Waals surface area contributed by atoms with Gasteiger partial charge in [0.1, 0.15) is 10.9 Å². The number of nitrogens with one attached hydrogen (secondary N) is 1. The molecule has 170 valence electrons. The molecule has 0 radical (unpaired) electrons. The lowest BCUT2D eigenvalue weighted by molar-refractivity contribution is -0.119. The number of benzene rings is 1. The zero-order chi connectivity index (χ0) is 23.2. The Kier molecular flexibility index (Phi) is 6.01. The van der Waals surface area contributed by atoms with Crippen molar-refractivity contribution in [3.8, 4) is 0 Å². The first-order valence-electron chi connectivity index (χ1n) is 11.5. The minimum absolute atomic E-state index is 0.0924. The molecule has 0 aliphatic heterocycles. The number of carbonyl (C=O) groups excluding carboxylic acids is 1. The van der Waals surface area contributed by atoms with E-state index in [2.05, 4.69) is 31.1 Å². The van der Waals surface area contributed by atoms with Crippen molar-refractivity contribution in [2.45, 2.75) is 73.3 Å². The van der Waals surface area contributed by atoms with Crippen molar-refractivity contribution in [2.24, 2.45) is 11.3 Å². The van der Waals surface area contributed by atoms with Gasteiger partial charge < -0.3 is 5.32 Å². The van der Waals surface area contributed by atoms with Gasteiger partial charge in [-0.15, -0.1) is 11.3 Å². The summed E-state index contributed by atoms with van der Waals surface area (Å²) in [4.78, 5) is 33.5. The maximum absolute atomic E-state index is 13.6. The van der Waals surface area contributed by atoms with E-state index < -0.39 is 6.04 Å². The number of carbonyl (C=O) groups is 1. The zero-order valence-electron chi connectivity index (χ0n) is 19.9. The molecule has 4 rings (SSSR count). The Labute approximate surface area is 193 Å². The van der Waals surface area contributed by atoms with Crippen molar-refractivity contribution in [1.82, 2.24) is 9.55 Å². The summed E-state index contributed by atoms with van der Waals surface area (Å²) < 4.78 is 1.54. The van der Waals surface area contributed by atoms with Gasteiger partial charge in [-0.3, -0.25) is 14.2 Å². The Balaban J connectivity index is 1.70. The van der Waals surface area contributed by atoms with Crippen molar-refractivity contribution in [3.63, 3.8) is 0 Å². The maximum Gasteiger partial charge on any atom is 0.263 e. The van der Waals surface area contributed by atoms with Gasteiger partial charge in [-0.2, -0.15) is 0 Å². The Morgan fingerprint density at radius 3 is 2.59 bits per heavy atom. The maximum atomic E-state index is 13.6. The van der Waals surface area contributed by atoms with Crippen LogP contribution >= 0.6 is 11.3 Å². The third kappa shape index (κ3) is 4.01. The van der Waals surface area contributed by atoms with Gasteiger partial charge in [0.15, 0.2) is 0 Å². The minimum atomic E-state index is -0.597. The van der Waals surface area contributed by atoms with Crippen molar-refractivity contribution in [2.75, 3.05) is 5.32 Å². The average Bonchev–Trinajstić information content (AvgIpc) is 3.11. The van der Waals surface area contributed by atoms with Gasteiger partial charge in [-0.25, -0.2) is 4.98 Å². The van der Waals surface area contributed by atoms with Crippen LogP contribution in [0.1, 0.15) is 68.1 Å². The lowest BCUT2D eigenvalue weighted by atomic mass is 9.72. The fourth-order valence-corrected chi connectivity index (χ4v) is 6.12. The highest BCUT2D eigenvalue weighted by Gasteiger charge is 2.32. The molecule has 1 aliphatic rings. The monoisotopic (exact) mass is 451 g/mol. The van der Waals surface area contributed by atoms with Crippen molar-refractivity contribution in [1.29, 1.82) is 0 Å². The Morgan fingerprint density at radius 1 is 1.28 bits per heavy atom. The highest BCUT2D eigenvalue weighted by molar-refractivity contribution is 7.18. The molecule has 5 nitrogen and oxygen atoms in total. The number of para-hydroxylation sites is 1. The second-order valence-electron chi connectivity index (χ2n) is 10.1. The van der Waals surface area contributed by atoms with E-state index >= 15 is 0 Å². The predicted octanol–water partition coefficient (Wildman–Crippen LogP) is 5.82. The number of hydrogen-bond acceptors (Lipinski definition) is 4. The molecule has 0 fully saturated rings. The number of fused-ring (bicyclic) bond motifs is 3. The second kappa shape index (κ2) is 8.47. The summed E-state index contributed by atoms with van der Waals surface area (Å²) >= 11 is 1.65. The van der Waals surface area contributed by atoms with Crippen molar-refractivity contribution < 1.29 is 4.79 Å². The number of anilines is 1. The van der Waals surface area contributed by atoms with Crippen LogP contribution in [0.25, 0.3) is 10.2 Å². The molecular formula is C26H33N3O2S. The van der Waals surface area contributed by atoms with Crippen LogP contribution < -0.4 is 10.9 Å². The van der Waals surface area contributed by atoms with E-state index in [0.717, 1.165) is 51.9 Å². The Hall–Kier alpha value is -2.47. The van der Waals surface area contributed by atoms with Crippen LogP contribution in [0.3, 0.4) is 0 Å². The highest BCUT2D eigenvalue weighted by atomic mass is 32.1. The molecule has 0 saturated heterocycles. The molecule has 2 atom stereocenters. The number of amides is 1. The van der Waals surface area contributed by atoms with E-state index in [9.17, 15) is 9.59 Å². The zero-order valence-corrected chi connectivity index (χ0v) is 20.7. The van der Waals surface area contributed by atoms with E-state index in [-0.39, 0.29) is 16.9 Å². The van der Waals surface area contributed by atoms with Gasteiger partial charge in [0.05, 0.1) is 11.7 Å². The van der Waals surface area contributed by atoms with E-state index in [4.69, 9.17) is 0 Å². The largest absolute Gasteiger partial charge is 0.324 e. The molecule has 0 bridgehead atoms. The fourth-order valence-electron chi connectivity index (χ4n) is 4.87. The molecule has 1 aromatic carbocycles. The highest BCUT2D eigenvalue weighted by Crippen LogP contribution is 2.42. The summed E-state index contributed by atoms with van der Waals surface area (Å²) in [6, 6.07) is 5.33. The summed E-state index contributed by atoms with van der Waals surface area (Å²) in [5.41, 5.74) is 4.15. The van der Waals surface area contributed by atoms with Crippen LogP contribution in [0.4, 0.5) is 5.69 Å². The van der Waals surface area contributed by atoms with Crippen LogP contribution in [-0.4, -0.2) is 15.5 Å². The van der Waals surface area contributed by atoms with Crippen molar-refractivity contribution in [3.05, 3.63) is 56.4 Å². The third-order valence-electron chi connectivity index (χ3n) is 6.97. The topological polar surface area (TPSA) is 64.0 Å². The molecular weight excluding hydrogens is 418 g/mol. The molecule has 2 unspecified atom stereocenters. The first-order chi connectivity index (χ1) is 15.1. The molecule has 32 heavy (non-hydrogen) atoms. The summed E-state index contributed by atoms with van der Waals surface area (Å²) in [7, 11) is 0. The molecule has 1 N–H and O–H groups in total. The summed E-state index contributed by atoms with van der Waals surface area (Å²) in [6.07, 6.45) is 5.07. The van der Waals surface area contributed by atoms with Gasteiger partial charge in [0.25, 0.3) is 5.56 Å². The smallest absolute Gasteiger partial charge is 0.263 e. The number of rotatable bonds is 4. The van der Waals surface area contributed by atoms with E-state index in [1.54, 1.807) is 17.7 Å². The standard InChI is InChI=1S/C26H33N3O2S/c1-7-19(23(30)28-22-15(2)9-8-10-16(22)3)29-14-27-24-21(25(29)31)18-12-11-17(26(4,5)6)13-20(18)32-24/h8-10,14,17,19H,7,11-13H2,1-6H3,(H,28,30). The van der Waals surface area contributed by atoms with Crippen LogP contribution in [-0.2, 0) is 17.6 Å². The molecule has 1 amide bonds. The van der Waals surface area contributed by atoms with Crippen LogP contribution in [0.2, 0.25) is 0 Å². The normalized spacial score (nSPS) is 17.2. The van der Waals surface area contributed by atoms with Gasteiger partial charge in [0, 0.05) is 10.6 Å². The van der Waals surface area contributed by atoms with Crippen molar-refractivity contribution >= 4 is 33.1 Å². The summed E-state index contributed by atoms with van der Waals surface area (Å²) in [5.74, 6) is 0.432. The molecule has 6 heteroatoms. The van der Waals surface area contributed by atoms with E-state index in [1.165, 1.54) is 9.44 Å². The number of hydrogen-bond donors (Lipinski definition) is 1. The van der Waals surface area contributed by atoms with Crippen LogP contribution in [0.15, 0.2) is 29.3 Å². The fraction of sp³-hybridized carbons (Fsp3) is 0.500. The Morgan fingerprint density at radius 2 is 1.97 bits per heavy atom. The summed E-state index contributed by atoms with van der Waals surface area (Å²) in [5, 5.41) is 3.78. The Bertz CT molecular complexity index is 1210.